The second-order valence-corrected chi connectivity index (χ2v) is 4.86. The lowest BCUT2D eigenvalue weighted by atomic mass is 9.80. The van der Waals surface area contributed by atoms with Crippen molar-refractivity contribution >= 4 is 18.1 Å². The fourth-order valence-electron chi connectivity index (χ4n) is 1.61. The molecular formula is C12H21ClN2O2. The van der Waals surface area contributed by atoms with Crippen molar-refractivity contribution in [1.82, 2.24) is 0 Å². The number of hydrogen-bond acceptors (Lipinski definition) is 4. The summed E-state index contributed by atoms with van der Waals surface area (Å²) in [4.78, 5) is 0. The van der Waals surface area contributed by atoms with Gasteiger partial charge in [0.15, 0.2) is 0 Å². The molecule has 0 saturated heterocycles. The zero-order chi connectivity index (χ0) is 12.5. The lowest BCUT2D eigenvalue weighted by Gasteiger charge is -2.31. The fourth-order valence-corrected chi connectivity index (χ4v) is 1.61. The average Bonchev–Trinajstić information content (AvgIpc) is 2.24. The second-order valence-electron chi connectivity index (χ2n) is 4.86. The number of aryl methyl sites for hydroxylation is 1. The van der Waals surface area contributed by atoms with Crippen molar-refractivity contribution in [2.75, 3.05) is 12.3 Å². The van der Waals surface area contributed by atoms with Crippen molar-refractivity contribution in [3.05, 3.63) is 23.3 Å². The van der Waals surface area contributed by atoms with E-state index in [1.165, 1.54) is 0 Å². The molecule has 4 nitrogen and oxygen atoms in total. The third kappa shape index (κ3) is 3.03. The average molecular weight is 261 g/mol. The van der Waals surface area contributed by atoms with Gasteiger partial charge in [0.05, 0.1) is 5.69 Å². The molecule has 0 bridgehead atoms. The number of benzene rings is 1. The van der Waals surface area contributed by atoms with Gasteiger partial charge in [0, 0.05) is 23.6 Å². The lowest BCUT2D eigenvalue weighted by molar-refractivity contribution is 0.131. The number of aromatic hydroxyl groups is 1. The summed E-state index contributed by atoms with van der Waals surface area (Å²) >= 11 is 0. The Bertz CT molecular complexity index is 394. The molecule has 1 aromatic rings. The van der Waals surface area contributed by atoms with E-state index in [9.17, 15) is 10.2 Å². The minimum atomic E-state index is -0.504. The highest BCUT2D eigenvalue weighted by molar-refractivity contribution is 5.85. The zero-order valence-corrected chi connectivity index (χ0v) is 11.2. The predicted octanol–water partition coefficient (Wildman–Crippen LogP) is 1.72. The van der Waals surface area contributed by atoms with E-state index >= 15 is 0 Å². The van der Waals surface area contributed by atoms with Crippen LogP contribution >= 0.6 is 12.4 Å². The van der Waals surface area contributed by atoms with E-state index in [1.54, 1.807) is 6.07 Å². The number of aliphatic hydroxyl groups excluding tert-OH is 1. The fraction of sp³-hybridized carbons (Fsp3) is 0.500. The van der Waals surface area contributed by atoms with Gasteiger partial charge in [-0.15, -0.1) is 12.4 Å². The first-order chi connectivity index (χ1) is 7.31. The number of anilines is 1. The number of nitrogens with two attached hydrogens (primary N) is 2. The molecule has 1 rings (SSSR count). The molecule has 0 radical (unpaired) electrons. The van der Waals surface area contributed by atoms with Gasteiger partial charge in [0.1, 0.15) is 5.75 Å². The van der Waals surface area contributed by atoms with Crippen LogP contribution in [0.25, 0.3) is 0 Å². The third-order valence-corrected chi connectivity index (χ3v) is 3.03. The maximum Gasteiger partial charge on any atom is 0.143 e. The molecule has 17 heavy (non-hydrogen) atoms. The van der Waals surface area contributed by atoms with Crippen LogP contribution in [0.2, 0.25) is 0 Å². The number of rotatable bonds is 3. The monoisotopic (exact) mass is 260 g/mol. The van der Waals surface area contributed by atoms with Crippen molar-refractivity contribution in [2.24, 2.45) is 11.1 Å². The molecule has 0 unspecified atom stereocenters. The smallest absolute Gasteiger partial charge is 0.143 e. The summed E-state index contributed by atoms with van der Waals surface area (Å²) in [6.07, 6.45) is 0. The number of phenolic OH excluding ortho intramolecular Hbond substituents is 1. The molecule has 0 saturated carbocycles. The number of hydrogen-bond donors (Lipinski definition) is 4. The number of phenols is 1. The molecule has 0 aliphatic rings. The largest absolute Gasteiger partial charge is 0.505 e. The Hall–Kier alpha value is -0.970. The third-order valence-electron chi connectivity index (χ3n) is 3.03. The molecule has 0 aromatic heterocycles. The normalized spacial score (nSPS) is 13.0. The van der Waals surface area contributed by atoms with E-state index < -0.39 is 11.5 Å². The van der Waals surface area contributed by atoms with Gasteiger partial charge in [0.2, 0.25) is 0 Å². The van der Waals surface area contributed by atoms with E-state index in [1.807, 2.05) is 26.8 Å². The van der Waals surface area contributed by atoms with E-state index in [2.05, 4.69) is 0 Å². The molecule has 0 aliphatic carbocycles. The topological polar surface area (TPSA) is 92.5 Å². The Balaban J connectivity index is 0.00000256. The molecule has 0 fully saturated rings. The summed E-state index contributed by atoms with van der Waals surface area (Å²) < 4.78 is 0. The van der Waals surface area contributed by atoms with Crippen LogP contribution in [0.4, 0.5) is 5.69 Å². The highest BCUT2D eigenvalue weighted by Gasteiger charge is 2.30. The van der Waals surface area contributed by atoms with Crippen molar-refractivity contribution in [1.29, 1.82) is 0 Å². The van der Waals surface area contributed by atoms with Gasteiger partial charge in [-0.25, -0.2) is 0 Å². The lowest BCUT2D eigenvalue weighted by Crippen LogP contribution is -2.33. The highest BCUT2D eigenvalue weighted by Crippen LogP contribution is 2.39. The quantitative estimate of drug-likeness (QED) is 0.492. The van der Waals surface area contributed by atoms with Gasteiger partial charge in [-0.05, 0) is 18.6 Å². The first-order valence-electron chi connectivity index (χ1n) is 5.25. The van der Waals surface area contributed by atoms with Gasteiger partial charge in [-0.3, -0.25) is 0 Å². The number of halogens is 1. The van der Waals surface area contributed by atoms with Crippen LogP contribution in [0, 0.1) is 12.3 Å². The molecule has 0 amide bonds. The Morgan fingerprint density at radius 1 is 1.35 bits per heavy atom. The standard InChI is InChI=1S/C12H20N2O2.ClH/c1-7-4-5-8(13)10(16)9(7)11(14)12(2,3)6-15;/h4-5,11,15-16H,6,13-14H2,1-3H3;1H/t11-;/m0./s1. The Kier molecular flexibility index (Phi) is 5.26. The van der Waals surface area contributed by atoms with Crippen LogP contribution in [-0.2, 0) is 0 Å². The summed E-state index contributed by atoms with van der Waals surface area (Å²) in [6.45, 7) is 5.50. The van der Waals surface area contributed by atoms with Crippen molar-refractivity contribution in [3.63, 3.8) is 0 Å². The second kappa shape index (κ2) is 5.58. The molecular weight excluding hydrogens is 240 g/mol. The first-order valence-corrected chi connectivity index (χ1v) is 5.25. The Labute approximate surface area is 108 Å². The number of nitrogen functional groups attached to an aromatic ring is 1. The van der Waals surface area contributed by atoms with Gasteiger partial charge in [0.25, 0.3) is 0 Å². The minimum Gasteiger partial charge on any atom is -0.505 e. The van der Waals surface area contributed by atoms with Crippen molar-refractivity contribution < 1.29 is 10.2 Å². The van der Waals surface area contributed by atoms with E-state index in [4.69, 9.17) is 11.5 Å². The van der Waals surface area contributed by atoms with Gasteiger partial charge in [-0.1, -0.05) is 19.9 Å². The number of aliphatic hydroxyl groups is 1. The maximum absolute atomic E-state index is 9.92. The van der Waals surface area contributed by atoms with Crippen LogP contribution < -0.4 is 11.5 Å². The van der Waals surface area contributed by atoms with E-state index in [0.717, 1.165) is 5.56 Å². The molecule has 0 aliphatic heterocycles. The van der Waals surface area contributed by atoms with Crippen molar-refractivity contribution in [2.45, 2.75) is 26.8 Å². The van der Waals surface area contributed by atoms with Gasteiger partial charge in [-0.2, -0.15) is 0 Å². The zero-order valence-electron chi connectivity index (χ0n) is 10.4. The predicted molar refractivity (Wildman–Crippen MR) is 72.3 cm³/mol. The molecule has 1 atom stereocenters. The van der Waals surface area contributed by atoms with Crippen LogP contribution in [0.5, 0.6) is 5.75 Å². The summed E-state index contributed by atoms with van der Waals surface area (Å²) in [5, 5.41) is 19.2. The van der Waals surface area contributed by atoms with Gasteiger partial charge >= 0.3 is 0 Å². The molecule has 5 heteroatoms. The highest BCUT2D eigenvalue weighted by atomic mass is 35.5. The molecule has 98 valence electrons. The van der Waals surface area contributed by atoms with Crippen LogP contribution in [0.1, 0.15) is 31.0 Å². The Morgan fingerprint density at radius 2 is 1.88 bits per heavy atom. The SMILES string of the molecule is Cc1ccc(N)c(O)c1[C@H](N)C(C)(C)CO.Cl. The molecule has 0 spiro atoms. The van der Waals surface area contributed by atoms with Crippen LogP contribution in [-0.4, -0.2) is 16.8 Å². The van der Waals surface area contributed by atoms with Crippen LogP contribution in [0.3, 0.4) is 0 Å². The first kappa shape index (κ1) is 16.0. The molecule has 6 N–H and O–H groups in total. The summed E-state index contributed by atoms with van der Waals surface area (Å²) in [5.74, 6) is 0.0222. The molecule has 0 heterocycles. The van der Waals surface area contributed by atoms with Crippen LogP contribution in [0.15, 0.2) is 12.1 Å². The van der Waals surface area contributed by atoms with Crippen molar-refractivity contribution in [3.8, 4) is 5.75 Å². The minimum absolute atomic E-state index is 0. The maximum atomic E-state index is 9.92. The summed E-state index contributed by atoms with van der Waals surface area (Å²) in [6, 6.07) is 3.01. The van der Waals surface area contributed by atoms with E-state index in [-0.39, 0.29) is 24.8 Å². The van der Waals surface area contributed by atoms with Gasteiger partial charge < -0.3 is 21.7 Å². The van der Waals surface area contributed by atoms with E-state index in [0.29, 0.717) is 11.3 Å². The summed E-state index contributed by atoms with van der Waals surface area (Å²) in [5.41, 5.74) is 13.0. The Morgan fingerprint density at radius 3 is 2.35 bits per heavy atom. The summed E-state index contributed by atoms with van der Waals surface area (Å²) in [7, 11) is 0. The molecule has 1 aromatic carbocycles.